The standard InChI is InChI=1S/C15H22O9/c1-4-21-15(2)23-11-9-7(13(16)17)8(10(22-9)12(11)24-15)14(18)20-6-5-19-3/h7-12H,4-6H2,1-3H3,(H,16,17)/t7?,8?,9-,10?,11+,12?,15?/m0/s1. The van der Waals surface area contributed by atoms with E-state index in [9.17, 15) is 14.7 Å². The molecule has 3 aliphatic heterocycles. The summed E-state index contributed by atoms with van der Waals surface area (Å²) in [6.07, 6.45) is -2.67. The molecular formula is C15H22O9. The molecule has 0 radical (unpaired) electrons. The van der Waals surface area contributed by atoms with Crippen molar-refractivity contribution >= 4 is 11.9 Å². The Labute approximate surface area is 139 Å². The van der Waals surface area contributed by atoms with Crippen LogP contribution >= 0.6 is 0 Å². The van der Waals surface area contributed by atoms with Gasteiger partial charge in [0.15, 0.2) is 0 Å². The van der Waals surface area contributed by atoms with Crippen LogP contribution in [0.4, 0.5) is 0 Å². The molecule has 1 N–H and O–H groups in total. The third-order valence-corrected chi connectivity index (χ3v) is 4.58. The minimum atomic E-state index is -1.26. The van der Waals surface area contributed by atoms with Crippen LogP contribution < -0.4 is 0 Å². The second-order valence-corrected chi connectivity index (χ2v) is 6.08. The molecule has 0 saturated carbocycles. The van der Waals surface area contributed by atoms with Gasteiger partial charge in [0.05, 0.1) is 6.61 Å². The number of carboxylic acid groups (broad SMARTS) is 1. The Hall–Kier alpha value is -1.26. The summed E-state index contributed by atoms with van der Waals surface area (Å²) in [5, 5.41) is 9.54. The van der Waals surface area contributed by atoms with Gasteiger partial charge in [0, 0.05) is 20.6 Å². The van der Waals surface area contributed by atoms with Crippen LogP contribution in [0.1, 0.15) is 13.8 Å². The van der Waals surface area contributed by atoms with Crippen molar-refractivity contribution in [2.75, 3.05) is 26.9 Å². The summed E-state index contributed by atoms with van der Waals surface area (Å²) in [6.45, 7) is 4.08. The largest absolute Gasteiger partial charge is 0.481 e. The first kappa shape index (κ1) is 17.6. The highest BCUT2D eigenvalue weighted by Crippen LogP contribution is 2.51. The highest BCUT2D eigenvalue weighted by molar-refractivity contribution is 5.83. The second-order valence-electron chi connectivity index (χ2n) is 6.08. The van der Waals surface area contributed by atoms with Gasteiger partial charge in [-0.25, -0.2) is 0 Å². The van der Waals surface area contributed by atoms with E-state index in [0.717, 1.165) is 0 Å². The molecule has 0 aromatic heterocycles. The fourth-order valence-electron chi connectivity index (χ4n) is 3.71. The van der Waals surface area contributed by atoms with Gasteiger partial charge < -0.3 is 33.5 Å². The van der Waals surface area contributed by atoms with E-state index in [-0.39, 0.29) is 13.2 Å². The zero-order chi connectivity index (χ0) is 17.5. The third kappa shape index (κ3) is 2.80. The van der Waals surface area contributed by atoms with Crippen LogP contribution in [0.5, 0.6) is 0 Å². The van der Waals surface area contributed by atoms with E-state index in [0.29, 0.717) is 6.61 Å². The van der Waals surface area contributed by atoms with Crippen LogP contribution in [0, 0.1) is 11.8 Å². The van der Waals surface area contributed by atoms with Gasteiger partial charge in [-0.3, -0.25) is 9.59 Å². The van der Waals surface area contributed by atoms with Gasteiger partial charge >= 0.3 is 11.9 Å². The molecule has 2 bridgehead atoms. The number of aliphatic carboxylic acids is 1. The molecule has 7 atom stereocenters. The number of methoxy groups -OCH3 is 1. The number of carboxylic acids is 1. The average molecular weight is 346 g/mol. The maximum atomic E-state index is 12.4. The molecule has 3 heterocycles. The summed E-state index contributed by atoms with van der Waals surface area (Å²) in [5.74, 6) is -5.00. The number of carbonyl (C=O) groups excluding carboxylic acids is 1. The molecule has 0 spiro atoms. The van der Waals surface area contributed by atoms with Crippen LogP contribution in [-0.4, -0.2) is 74.4 Å². The van der Waals surface area contributed by atoms with E-state index in [1.807, 2.05) is 0 Å². The van der Waals surface area contributed by atoms with E-state index in [1.54, 1.807) is 13.8 Å². The molecule has 136 valence electrons. The average Bonchev–Trinajstić information content (AvgIpc) is 3.14. The number of carbonyl (C=O) groups is 2. The number of ether oxygens (including phenoxy) is 6. The summed E-state index contributed by atoms with van der Waals surface area (Å²) < 4.78 is 32.6. The molecule has 24 heavy (non-hydrogen) atoms. The van der Waals surface area contributed by atoms with Gasteiger partial charge in [0.2, 0.25) is 0 Å². The van der Waals surface area contributed by atoms with Crippen molar-refractivity contribution in [1.29, 1.82) is 0 Å². The maximum Gasteiger partial charge on any atom is 0.312 e. The summed E-state index contributed by atoms with van der Waals surface area (Å²) in [4.78, 5) is 24.0. The Morgan fingerprint density at radius 1 is 1.08 bits per heavy atom. The molecule has 9 heteroatoms. The van der Waals surface area contributed by atoms with Crippen molar-refractivity contribution in [1.82, 2.24) is 0 Å². The quantitative estimate of drug-likeness (QED) is 0.493. The summed E-state index contributed by atoms with van der Waals surface area (Å²) in [5.41, 5.74) is 0. The molecular weight excluding hydrogens is 324 g/mol. The zero-order valence-corrected chi connectivity index (χ0v) is 13.8. The smallest absolute Gasteiger partial charge is 0.312 e. The van der Waals surface area contributed by atoms with Gasteiger partial charge in [-0.2, -0.15) is 0 Å². The lowest BCUT2D eigenvalue weighted by Crippen LogP contribution is -2.50. The normalized spacial score (nSPS) is 43.0. The van der Waals surface area contributed by atoms with Crippen molar-refractivity contribution in [3.05, 3.63) is 0 Å². The zero-order valence-electron chi connectivity index (χ0n) is 13.8. The second kappa shape index (κ2) is 6.57. The first-order valence-electron chi connectivity index (χ1n) is 7.95. The van der Waals surface area contributed by atoms with E-state index >= 15 is 0 Å². The summed E-state index contributed by atoms with van der Waals surface area (Å²) in [7, 11) is 1.48. The van der Waals surface area contributed by atoms with Crippen LogP contribution in [-0.2, 0) is 38.0 Å². The Morgan fingerprint density at radius 2 is 1.71 bits per heavy atom. The van der Waals surface area contributed by atoms with Crippen molar-refractivity contribution in [3.8, 4) is 0 Å². The van der Waals surface area contributed by atoms with Gasteiger partial charge in [-0.15, -0.1) is 0 Å². The van der Waals surface area contributed by atoms with Crippen LogP contribution in [0.15, 0.2) is 0 Å². The summed E-state index contributed by atoms with van der Waals surface area (Å²) >= 11 is 0. The molecule has 3 fully saturated rings. The first-order valence-corrected chi connectivity index (χ1v) is 7.95. The Morgan fingerprint density at radius 3 is 2.25 bits per heavy atom. The fourth-order valence-corrected chi connectivity index (χ4v) is 3.71. The maximum absolute atomic E-state index is 12.4. The molecule has 3 rings (SSSR count). The summed E-state index contributed by atoms with van der Waals surface area (Å²) in [6, 6.07) is 0. The molecule has 3 saturated heterocycles. The predicted molar refractivity (Wildman–Crippen MR) is 75.9 cm³/mol. The van der Waals surface area contributed by atoms with E-state index in [2.05, 4.69) is 0 Å². The molecule has 5 unspecified atom stereocenters. The van der Waals surface area contributed by atoms with Crippen molar-refractivity contribution in [2.45, 2.75) is 44.2 Å². The minimum Gasteiger partial charge on any atom is -0.481 e. The van der Waals surface area contributed by atoms with Crippen molar-refractivity contribution in [2.24, 2.45) is 11.8 Å². The molecule has 9 nitrogen and oxygen atoms in total. The van der Waals surface area contributed by atoms with Crippen LogP contribution in [0.25, 0.3) is 0 Å². The molecule has 0 aromatic carbocycles. The Balaban J connectivity index is 1.77. The number of hydrogen-bond acceptors (Lipinski definition) is 8. The number of fused-ring (bicyclic) bond motifs is 5. The van der Waals surface area contributed by atoms with E-state index in [4.69, 9.17) is 28.4 Å². The molecule has 3 aliphatic rings. The fraction of sp³-hybridized carbons (Fsp3) is 0.867. The molecule has 0 aliphatic carbocycles. The molecule has 0 amide bonds. The van der Waals surface area contributed by atoms with Gasteiger partial charge in [0.1, 0.15) is 42.9 Å². The lowest BCUT2D eigenvalue weighted by Gasteiger charge is -2.28. The molecule has 0 aromatic rings. The number of hydrogen-bond donors (Lipinski definition) is 1. The van der Waals surface area contributed by atoms with Crippen molar-refractivity contribution in [3.63, 3.8) is 0 Å². The highest BCUT2D eigenvalue weighted by atomic mass is 16.9. The Kier molecular flexibility index (Phi) is 4.80. The minimum absolute atomic E-state index is 0.0532. The monoisotopic (exact) mass is 346 g/mol. The predicted octanol–water partition coefficient (Wildman–Crippen LogP) is -0.232. The number of esters is 1. The topological polar surface area (TPSA) is 110 Å². The third-order valence-electron chi connectivity index (χ3n) is 4.58. The SMILES string of the molecule is CCOC1(C)OC2C3O[C@@H](C(C(=O)O)C3C(=O)OCCOC)[C@H]2O1. The van der Waals surface area contributed by atoms with Crippen LogP contribution in [0.2, 0.25) is 0 Å². The number of rotatable bonds is 7. The van der Waals surface area contributed by atoms with Crippen LogP contribution in [0.3, 0.4) is 0 Å². The lowest BCUT2D eigenvalue weighted by molar-refractivity contribution is -0.339. The van der Waals surface area contributed by atoms with Gasteiger partial charge in [-0.05, 0) is 6.92 Å². The first-order chi connectivity index (χ1) is 11.4. The van der Waals surface area contributed by atoms with Gasteiger partial charge in [-0.1, -0.05) is 0 Å². The van der Waals surface area contributed by atoms with Gasteiger partial charge in [0.25, 0.3) is 5.97 Å². The van der Waals surface area contributed by atoms with Crippen molar-refractivity contribution < 1.29 is 43.1 Å². The highest BCUT2D eigenvalue weighted by Gasteiger charge is 2.70. The van der Waals surface area contributed by atoms with E-state index in [1.165, 1.54) is 7.11 Å². The van der Waals surface area contributed by atoms with E-state index < -0.39 is 54.2 Å². The lowest BCUT2D eigenvalue weighted by atomic mass is 9.76. The Bertz CT molecular complexity index is 509.